The highest BCUT2D eigenvalue weighted by Gasteiger charge is 2.38. The third-order valence-electron chi connectivity index (χ3n) is 2.34. The number of halogens is 3. The molecule has 0 saturated heterocycles. The Labute approximate surface area is 101 Å². The molecular weight excluding hydrogens is 247 g/mol. The Morgan fingerprint density at radius 2 is 1.83 bits per heavy atom. The summed E-state index contributed by atoms with van der Waals surface area (Å²) in [6.45, 7) is -0.456. The van der Waals surface area contributed by atoms with E-state index in [-0.39, 0.29) is 4.90 Å². The zero-order valence-electron chi connectivity index (χ0n) is 9.19. The molecule has 0 radical (unpaired) electrons. The van der Waals surface area contributed by atoms with Gasteiger partial charge in [-0.05, 0) is 12.1 Å². The second-order valence-corrected chi connectivity index (χ2v) is 3.65. The van der Waals surface area contributed by atoms with Crippen molar-refractivity contribution < 1.29 is 18.0 Å². The van der Waals surface area contributed by atoms with E-state index in [0.717, 1.165) is 17.4 Å². The molecule has 0 bridgehead atoms. The molecule has 0 aromatic heterocycles. The van der Waals surface area contributed by atoms with Gasteiger partial charge in [-0.2, -0.15) is 13.2 Å². The van der Waals surface area contributed by atoms with Crippen molar-refractivity contribution in [2.24, 2.45) is 0 Å². The van der Waals surface area contributed by atoms with Gasteiger partial charge in [-0.1, -0.05) is 18.2 Å². The molecule has 0 spiro atoms. The normalized spacial score (nSPS) is 15.1. The van der Waals surface area contributed by atoms with Crippen molar-refractivity contribution in [3.8, 4) is 0 Å². The molecule has 96 valence electrons. The van der Waals surface area contributed by atoms with Gasteiger partial charge in [0.15, 0.2) is 0 Å². The van der Waals surface area contributed by atoms with Crippen LogP contribution in [-0.2, 0) is 0 Å². The quantitative estimate of drug-likeness (QED) is 0.822. The minimum atomic E-state index is -4.44. The summed E-state index contributed by atoms with van der Waals surface area (Å²) in [5, 5.41) is 1.07. The van der Waals surface area contributed by atoms with Crippen molar-refractivity contribution in [3.63, 3.8) is 0 Å². The number of hydrogen-bond donors (Lipinski definition) is 1. The molecule has 2 rings (SSSR count). The lowest BCUT2D eigenvalue weighted by Crippen LogP contribution is -2.43. The number of carbonyl (C=O) groups excluding carboxylic acids is 1. The first kappa shape index (κ1) is 12.3. The third kappa shape index (κ3) is 2.73. The summed E-state index contributed by atoms with van der Waals surface area (Å²) >= 11 is 0. The average Bonchev–Trinajstić information content (AvgIpc) is 2.78. The van der Waals surface area contributed by atoms with E-state index >= 15 is 0 Å². The molecular formula is C11H10F3N3O. The van der Waals surface area contributed by atoms with Crippen LogP contribution in [0.5, 0.6) is 0 Å². The van der Waals surface area contributed by atoms with Crippen molar-refractivity contribution in [1.82, 2.24) is 15.3 Å². The third-order valence-corrected chi connectivity index (χ3v) is 2.34. The highest BCUT2D eigenvalue weighted by Crippen LogP contribution is 2.24. The van der Waals surface area contributed by atoms with Crippen LogP contribution in [0.3, 0.4) is 0 Å². The standard InChI is InChI=1S/C11H10F3N3O/c12-11(13,14)16-6-7-17(8-16)15-10(18)9-4-2-1-3-5-9/h1-7H,8H2,(H,15,18). The number of benzene rings is 1. The molecule has 1 aromatic carbocycles. The molecule has 1 heterocycles. The van der Waals surface area contributed by atoms with E-state index in [1.165, 1.54) is 0 Å². The summed E-state index contributed by atoms with van der Waals surface area (Å²) in [5.41, 5.74) is 2.75. The van der Waals surface area contributed by atoms with E-state index in [9.17, 15) is 18.0 Å². The molecule has 0 aliphatic carbocycles. The first-order chi connectivity index (χ1) is 8.47. The minimum Gasteiger partial charge on any atom is -0.271 e. The van der Waals surface area contributed by atoms with Crippen molar-refractivity contribution in [2.45, 2.75) is 6.30 Å². The van der Waals surface area contributed by atoms with E-state index in [1.807, 2.05) is 0 Å². The van der Waals surface area contributed by atoms with Crippen LogP contribution in [0.1, 0.15) is 10.4 Å². The molecule has 0 fully saturated rings. The van der Waals surface area contributed by atoms with E-state index in [1.54, 1.807) is 30.3 Å². The largest absolute Gasteiger partial charge is 0.485 e. The Balaban J connectivity index is 1.94. The molecule has 0 unspecified atom stereocenters. The number of amides is 1. The number of hydrazine groups is 1. The maximum Gasteiger partial charge on any atom is 0.485 e. The van der Waals surface area contributed by atoms with Crippen LogP contribution in [0.15, 0.2) is 42.7 Å². The zero-order valence-corrected chi connectivity index (χ0v) is 9.19. The molecule has 0 saturated carbocycles. The lowest BCUT2D eigenvalue weighted by atomic mass is 10.2. The number of carbonyl (C=O) groups is 1. The Kier molecular flexibility index (Phi) is 3.14. The molecule has 4 nitrogen and oxygen atoms in total. The predicted octanol–water partition coefficient (Wildman–Crippen LogP) is 1.90. The summed E-state index contributed by atoms with van der Waals surface area (Å²) in [6, 6.07) is 8.26. The van der Waals surface area contributed by atoms with Gasteiger partial charge in [0, 0.05) is 18.0 Å². The van der Waals surface area contributed by atoms with Crippen molar-refractivity contribution in [3.05, 3.63) is 48.3 Å². The number of nitrogens with zero attached hydrogens (tertiary/aromatic N) is 2. The first-order valence-electron chi connectivity index (χ1n) is 5.11. The molecule has 1 aliphatic heterocycles. The predicted molar refractivity (Wildman–Crippen MR) is 57.6 cm³/mol. The van der Waals surface area contributed by atoms with Gasteiger partial charge in [0.05, 0.1) is 0 Å². The molecule has 1 aliphatic rings. The Bertz CT molecular complexity index is 458. The lowest BCUT2D eigenvalue weighted by Gasteiger charge is -2.23. The fourth-order valence-corrected chi connectivity index (χ4v) is 1.44. The smallest absolute Gasteiger partial charge is 0.271 e. The minimum absolute atomic E-state index is 0.165. The summed E-state index contributed by atoms with van der Waals surface area (Å²) in [4.78, 5) is 11.8. The second-order valence-electron chi connectivity index (χ2n) is 3.65. The Hall–Kier alpha value is -2.18. The summed E-state index contributed by atoms with van der Waals surface area (Å²) < 4.78 is 37.0. The summed E-state index contributed by atoms with van der Waals surface area (Å²) in [6.07, 6.45) is -2.41. The van der Waals surface area contributed by atoms with Gasteiger partial charge < -0.3 is 0 Å². The highest BCUT2D eigenvalue weighted by molar-refractivity contribution is 5.93. The van der Waals surface area contributed by atoms with E-state index < -0.39 is 18.9 Å². The van der Waals surface area contributed by atoms with Crippen LogP contribution >= 0.6 is 0 Å². The van der Waals surface area contributed by atoms with Crippen LogP contribution < -0.4 is 5.43 Å². The van der Waals surface area contributed by atoms with Crippen LogP contribution in [0, 0.1) is 0 Å². The monoisotopic (exact) mass is 257 g/mol. The van der Waals surface area contributed by atoms with E-state index in [4.69, 9.17) is 0 Å². The average molecular weight is 257 g/mol. The van der Waals surface area contributed by atoms with Crippen molar-refractivity contribution >= 4 is 5.91 Å². The van der Waals surface area contributed by atoms with Gasteiger partial charge >= 0.3 is 6.30 Å². The molecule has 7 heteroatoms. The number of nitrogens with one attached hydrogen (secondary N) is 1. The van der Waals surface area contributed by atoms with Gasteiger partial charge in [0.2, 0.25) is 0 Å². The molecule has 1 aromatic rings. The van der Waals surface area contributed by atoms with Crippen molar-refractivity contribution in [1.29, 1.82) is 0 Å². The van der Waals surface area contributed by atoms with Gasteiger partial charge in [-0.15, -0.1) is 0 Å². The maximum atomic E-state index is 12.3. The molecule has 1 amide bonds. The topological polar surface area (TPSA) is 35.6 Å². The molecule has 0 atom stereocenters. The Morgan fingerprint density at radius 3 is 2.39 bits per heavy atom. The maximum absolute atomic E-state index is 12.3. The number of hydrogen-bond acceptors (Lipinski definition) is 3. The summed E-state index contributed by atoms with van der Waals surface area (Å²) in [7, 11) is 0. The first-order valence-corrected chi connectivity index (χ1v) is 5.11. The SMILES string of the molecule is O=C(NN1C=CN(C(F)(F)F)C1)c1ccccc1. The lowest BCUT2D eigenvalue weighted by molar-refractivity contribution is -0.231. The fourth-order valence-electron chi connectivity index (χ4n) is 1.44. The number of rotatable bonds is 2. The second kappa shape index (κ2) is 4.59. The van der Waals surface area contributed by atoms with Gasteiger partial charge in [-0.3, -0.25) is 20.1 Å². The van der Waals surface area contributed by atoms with Gasteiger partial charge in [0.1, 0.15) is 6.67 Å². The van der Waals surface area contributed by atoms with E-state index in [2.05, 4.69) is 5.43 Å². The van der Waals surface area contributed by atoms with Crippen LogP contribution in [0.2, 0.25) is 0 Å². The Morgan fingerprint density at radius 1 is 1.17 bits per heavy atom. The van der Waals surface area contributed by atoms with Gasteiger partial charge in [-0.25, -0.2) is 0 Å². The van der Waals surface area contributed by atoms with Gasteiger partial charge in [0.25, 0.3) is 5.91 Å². The van der Waals surface area contributed by atoms with Crippen LogP contribution in [0.4, 0.5) is 13.2 Å². The number of alkyl halides is 3. The molecule has 1 N–H and O–H groups in total. The zero-order chi connectivity index (χ0) is 13.2. The summed E-state index contributed by atoms with van der Waals surface area (Å²) in [5.74, 6) is -0.454. The fraction of sp³-hybridized carbons (Fsp3) is 0.182. The van der Waals surface area contributed by atoms with Crippen LogP contribution in [-0.4, -0.2) is 28.8 Å². The van der Waals surface area contributed by atoms with E-state index in [0.29, 0.717) is 5.56 Å². The van der Waals surface area contributed by atoms with Crippen molar-refractivity contribution in [2.75, 3.05) is 6.67 Å². The highest BCUT2D eigenvalue weighted by atomic mass is 19.4. The van der Waals surface area contributed by atoms with Crippen LogP contribution in [0.25, 0.3) is 0 Å². The molecule has 18 heavy (non-hydrogen) atoms.